The Morgan fingerprint density at radius 2 is 2.20 bits per heavy atom. The first kappa shape index (κ1) is 12.2. The number of likely N-dealkylation sites (N-methyl/N-ethyl adjacent to an activating group) is 1. The maximum Gasteiger partial charge on any atom is 0.181 e. The van der Waals surface area contributed by atoms with Crippen molar-refractivity contribution in [2.24, 2.45) is 5.41 Å². The molecule has 2 nitrogen and oxygen atoms in total. The van der Waals surface area contributed by atoms with E-state index in [1.165, 1.54) is 5.57 Å². The highest BCUT2D eigenvalue weighted by molar-refractivity contribution is 6.05. The summed E-state index contributed by atoms with van der Waals surface area (Å²) in [5, 5.41) is 3.36. The van der Waals surface area contributed by atoms with Gasteiger partial charge in [-0.25, -0.2) is 0 Å². The molecule has 1 N–H and O–H groups in total. The van der Waals surface area contributed by atoms with Crippen LogP contribution < -0.4 is 5.32 Å². The second kappa shape index (κ2) is 4.31. The molecule has 0 aromatic rings. The Bertz CT molecular complexity index is 312. The third-order valence-electron chi connectivity index (χ3n) is 3.05. The molecule has 15 heavy (non-hydrogen) atoms. The number of hydrogen-bond acceptors (Lipinski definition) is 2. The number of carbonyl (C=O) groups is 1. The average Bonchev–Trinajstić information content (AvgIpc) is 2.11. The van der Waals surface area contributed by atoms with Gasteiger partial charge in [0.05, 0.1) is 0 Å². The SMILES string of the molecule is C=C1CC(C)(C)C(C(C)NCC)=CC1=O. The first-order valence-electron chi connectivity index (χ1n) is 5.56. The van der Waals surface area contributed by atoms with Gasteiger partial charge < -0.3 is 5.32 Å². The zero-order valence-corrected chi connectivity index (χ0v) is 10.2. The molecular weight excluding hydrogens is 186 g/mol. The number of nitrogens with one attached hydrogen (secondary N) is 1. The van der Waals surface area contributed by atoms with Gasteiger partial charge in [0, 0.05) is 6.04 Å². The molecule has 0 radical (unpaired) electrons. The lowest BCUT2D eigenvalue weighted by Gasteiger charge is -2.35. The number of ketones is 1. The lowest BCUT2D eigenvalue weighted by atomic mass is 9.71. The van der Waals surface area contributed by atoms with Crippen molar-refractivity contribution in [3.8, 4) is 0 Å². The third-order valence-corrected chi connectivity index (χ3v) is 3.05. The standard InChI is InChI=1S/C13H21NO/c1-6-14-10(3)11-7-12(15)9(2)8-13(11,4)5/h7,10,14H,2,6,8H2,1,3-5H3. The van der Waals surface area contributed by atoms with E-state index in [-0.39, 0.29) is 17.2 Å². The van der Waals surface area contributed by atoms with E-state index in [1.54, 1.807) is 6.08 Å². The molecule has 1 atom stereocenters. The molecule has 0 aromatic carbocycles. The molecule has 0 fully saturated rings. The summed E-state index contributed by atoms with van der Waals surface area (Å²) >= 11 is 0. The fourth-order valence-electron chi connectivity index (χ4n) is 2.29. The Balaban J connectivity index is 2.98. The highest BCUT2D eigenvalue weighted by Gasteiger charge is 2.33. The van der Waals surface area contributed by atoms with E-state index in [0.717, 1.165) is 18.5 Å². The summed E-state index contributed by atoms with van der Waals surface area (Å²) in [5.74, 6) is 0.0917. The number of carbonyl (C=O) groups excluding carboxylic acids is 1. The molecule has 1 aliphatic rings. The summed E-state index contributed by atoms with van der Waals surface area (Å²) in [5.41, 5.74) is 1.97. The average molecular weight is 207 g/mol. The highest BCUT2D eigenvalue weighted by Crippen LogP contribution is 2.38. The minimum absolute atomic E-state index is 0.0482. The van der Waals surface area contributed by atoms with Gasteiger partial charge in [0.15, 0.2) is 5.78 Å². The molecule has 0 bridgehead atoms. The van der Waals surface area contributed by atoms with E-state index < -0.39 is 0 Å². The predicted molar refractivity (Wildman–Crippen MR) is 63.8 cm³/mol. The van der Waals surface area contributed by atoms with E-state index >= 15 is 0 Å². The van der Waals surface area contributed by atoms with Crippen LogP contribution in [0.2, 0.25) is 0 Å². The van der Waals surface area contributed by atoms with Crippen LogP contribution in [0.5, 0.6) is 0 Å². The second-order valence-electron chi connectivity index (χ2n) is 4.91. The Morgan fingerprint density at radius 3 is 2.73 bits per heavy atom. The lowest BCUT2D eigenvalue weighted by molar-refractivity contribution is -0.112. The van der Waals surface area contributed by atoms with Crippen molar-refractivity contribution in [1.29, 1.82) is 0 Å². The Hall–Kier alpha value is -0.890. The molecule has 1 aliphatic carbocycles. The normalized spacial score (nSPS) is 22.5. The van der Waals surface area contributed by atoms with Crippen LogP contribution in [-0.2, 0) is 4.79 Å². The van der Waals surface area contributed by atoms with E-state index in [2.05, 4.69) is 39.6 Å². The van der Waals surface area contributed by atoms with Crippen molar-refractivity contribution in [3.63, 3.8) is 0 Å². The smallest absolute Gasteiger partial charge is 0.181 e. The molecule has 0 spiro atoms. The molecule has 0 amide bonds. The van der Waals surface area contributed by atoms with Crippen LogP contribution in [0.25, 0.3) is 0 Å². The molecule has 0 saturated carbocycles. The maximum absolute atomic E-state index is 11.6. The summed E-state index contributed by atoms with van der Waals surface area (Å²) in [6.45, 7) is 13.3. The third kappa shape index (κ3) is 2.57. The monoisotopic (exact) mass is 207 g/mol. The fourth-order valence-corrected chi connectivity index (χ4v) is 2.29. The van der Waals surface area contributed by atoms with E-state index in [4.69, 9.17) is 0 Å². The zero-order valence-electron chi connectivity index (χ0n) is 10.2. The fraction of sp³-hybridized carbons (Fsp3) is 0.615. The van der Waals surface area contributed by atoms with Gasteiger partial charge in [-0.05, 0) is 42.5 Å². The summed E-state index contributed by atoms with van der Waals surface area (Å²) in [6, 6.07) is 0.266. The van der Waals surface area contributed by atoms with E-state index in [0.29, 0.717) is 0 Å². The molecule has 0 heterocycles. The van der Waals surface area contributed by atoms with Gasteiger partial charge >= 0.3 is 0 Å². The van der Waals surface area contributed by atoms with Crippen LogP contribution in [0.3, 0.4) is 0 Å². The van der Waals surface area contributed by atoms with Crippen LogP contribution in [-0.4, -0.2) is 18.4 Å². The van der Waals surface area contributed by atoms with E-state index in [9.17, 15) is 4.79 Å². The van der Waals surface area contributed by atoms with Crippen molar-refractivity contribution >= 4 is 5.78 Å². The molecule has 2 heteroatoms. The second-order valence-corrected chi connectivity index (χ2v) is 4.91. The van der Waals surface area contributed by atoms with Crippen molar-refractivity contribution in [3.05, 3.63) is 23.8 Å². The quantitative estimate of drug-likeness (QED) is 0.720. The molecule has 0 aromatic heterocycles. The molecule has 0 saturated heterocycles. The summed E-state index contributed by atoms with van der Waals surface area (Å²) in [4.78, 5) is 11.6. The first-order valence-corrected chi connectivity index (χ1v) is 5.56. The molecule has 1 rings (SSSR count). The van der Waals surface area contributed by atoms with Crippen molar-refractivity contribution < 1.29 is 4.79 Å². The first-order chi connectivity index (χ1) is 6.88. The minimum atomic E-state index is 0.0482. The zero-order chi connectivity index (χ0) is 11.6. The van der Waals surface area contributed by atoms with Crippen LogP contribution in [0.1, 0.15) is 34.1 Å². The molecule has 84 valence electrons. The van der Waals surface area contributed by atoms with Crippen molar-refractivity contribution in [2.45, 2.75) is 40.2 Å². The predicted octanol–water partition coefficient (Wildman–Crippen LogP) is 2.47. The van der Waals surface area contributed by atoms with Crippen LogP contribution in [0, 0.1) is 5.41 Å². The van der Waals surface area contributed by atoms with Gasteiger partial charge in [0.25, 0.3) is 0 Å². The Labute approximate surface area is 92.4 Å². The summed E-state index contributed by atoms with van der Waals surface area (Å²) in [6.07, 6.45) is 2.53. The van der Waals surface area contributed by atoms with Crippen LogP contribution in [0.15, 0.2) is 23.8 Å². The van der Waals surface area contributed by atoms with Gasteiger partial charge in [0.1, 0.15) is 0 Å². The summed E-state index contributed by atoms with van der Waals surface area (Å²) < 4.78 is 0. The molecular formula is C13H21NO. The highest BCUT2D eigenvalue weighted by atomic mass is 16.1. The number of allylic oxidation sites excluding steroid dienone is 2. The van der Waals surface area contributed by atoms with Crippen molar-refractivity contribution in [1.82, 2.24) is 5.32 Å². The van der Waals surface area contributed by atoms with E-state index in [1.807, 2.05) is 0 Å². The van der Waals surface area contributed by atoms with Crippen LogP contribution >= 0.6 is 0 Å². The molecule has 0 aliphatic heterocycles. The lowest BCUT2D eigenvalue weighted by Crippen LogP contribution is -2.37. The van der Waals surface area contributed by atoms with Gasteiger partial charge in [-0.2, -0.15) is 0 Å². The number of rotatable bonds is 3. The minimum Gasteiger partial charge on any atom is -0.311 e. The topological polar surface area (TPSA) is 29.1 Å². The van der Waals surface area contributed by atoms with Gasteiger partial charge in [0.2, 0.25) is 0 Å². The summed E-state index contributed by atoms with van der Waals surface area (Å²) in [7, 11) is 0. The van der Waals surface area contributed by atoms with Crippen LogP contribution in [0.4, 0.5) is 0 Å². The van der Waals surface area contributed by atoms with Gasteiger partial charge in [-0.3, -0.25) is 4.79 Å². The Morgan fingerprint density at radius 1 is 1.60 bits per heavy atom. The maximum atomic E-state index is 11.6. The molecule has 1 unspecified atom stereocenters. The van der Waals surface area contributed by atoms with Crippen molar-refractivity contribution in [2.75, 3.05) is 6.54 Å². The Kier molecular flexibility index (Phi) is 3.50. The number of hydrogen-bond donors (Lipinski definition) is 1. The largest absolute Gasteiger partial charge is 0.311 e. The van der Waals surface area contributed by atoms with Gasteiger partial charge in [-0.1, -0.05) is 27.4 Å². The van der Waals surface area contributed by atoms with Gasteiger partial charge in [-0.15, -0.1) is 0 Å².